The van der Waals surface area contributed by atoms with Crippen LogP contribution < -0.4 is 10.1 Å². The van der Waals surface area contributed by atoms with Crippen LogP contribution in [0.2, 0.25) is 0 Å². The Morgan fingerprint density at radius 2 is 1.79 bits per heavy atom. The number of amides is 1. The van der Waals surface area contributed by atoms with Crippen molar-refractivity contribution < 1.29 is 29.6 Å². The molecule has 0 saturated carbocycles. The van der Waals surface area contributed by atoms with Crippen LogP contribution in [0.4, 0.5) is 0 Å². The topological polar surface area (TPSA) is 108 Å². The van der Waals surface area contributed by atoms with Gasteiger partial charge in [-0.25, -0.2) is 0 Å². The van der Waals surface area contributed by atoms with Crippen molar-refractivity contribution in [1.29, 1.82) is 0 Å². The molecule has 150 valence electrons. The van der Waals surface area contributed by atoms with Gasteiger partial charge >= 0.3 is 0 Å². The van der Waals surface area contributed by atoms with Crippen molar-refractivity contribution in [3.8, 4) is 16.9 Å². The van der Waals surface area contributed by atoms with Gasteiger partial charge in [-0.1, -0.05) is 18.2 Å². The molecule has 1 amide bonds. The Morgan fingerprint density at radius 3 is 2.46 bits per heavy atom. The van der Waals surface area contributed by atoms with E-state index in [1.54, 1.807) is 25.2 Å². The molecule has 28 heavy (non-hydrogen) atoms. The molecule has 0 aromatic heterocycles. The van der Waals surface area contributed by atoms with E-state index in [-0.39, 0.29) is 5.91 Å². The Hall–Kier alpha value is -2.02. The van der Waals surface area contributed by atoms with Crippen molar-refractivity contribution in [2.24, 2.45) is 0 Å². The second-order valence-corrected chi connectivity index (χ2v) is 7.36. The van der Waals surface area contributed by atoms with E-state index in [1.807, 2.05) is 31.2 Å². The van der Waals surface area contributed by atoms with Crippen LogP contribution in [0.1, 0.15) is 15.9 Å². The van der Waals surface area contributed by atoms with E-state index in [0.717, 1.165) is 16.7 Å². The third-order valence-electron chi connectivity index (χ3n) is 4.71. The zero-order valence-corrected chi connectivity index (χ0v) is 16.7. The van der Waals surface area contributed by atoms with Gasteiger partial charge < -0.3 is 30.1 Å². The first-order valence-electron chi connectivity index (χ1n) is 8.87. The first-order valence-corrected chi connectivity index (χ1v) is 9.53. The summed E-state index contributed by atoms with van der Waals surface area (Å²) in [4.78, 5) is 11.8. The van der Waals surface area contributed by atoms with Gasteiger partial charge in [0.05, 0.1) is 0 Å². The smallest absolute Gasteiger partial charge is 0.251 e. The second kappa shape index (κ2) is 8.55. The number of rotatable bonds is 4. The van der Waals surface area contributed by atoms with Crippen LogP contribution in [-0.4, -0.2) is 58.7 Å². The summed E-state index contributed by atoms with van der Waals surface area (Å²) in [6.07, 6.45) is -5.07. The molecule has 1 heterocycles. The molecule has 3 rings (SSSR count). The first-order chi connectivity index (χ1) is 13.3. The lowest BCUT2D eigenvalue weighted by Crippen LogP contribution is -2.57. The molecule has 1 unspecified atom stereocenters. The van der Waals surface area contributed by atoms with Gasteiger partial charge in [0.15, 0.2) is 0 Å². The van der Waals surface area contributed by atoms with Crippen molar-refractivity contribution in [2.45, 2.75) is 37.4 Å². The maximum Gasteiger partial charge on any atom is 0.251 e. The zero-order valence-electron chi connectivity index (χ0n) is 15.6. The largest absolute Gasteiger partial charge is 0.462 e. The maximum atomic E-state index is 11.8. The van der Waals surface area contributed by atoms with Gasteiger partial charge in [-0.2, -0.15) is 0 Å². The van der Waals surface area contributed by atoms with Crippen molar-refractivity contribution in [3.05, 3.63) is 53.6 Å². The average molecular weight is 405 g/mol. The van der Waals surface area contributed by atoms with Gasteiger partial charge in [-0.3, -0.25) is 4.79 Å². The summed E-state index contributed by atoms with van der Waals surface area (Å²) in [7, 11) is 3.86. The number of aryl methyl sites for hydroxylation is 1. The summed E-state index contributed by atoms with van der Waals surface area (Å²) in [5.41, 5.74) is 3.14. The fraction of sp³-hybridized carbons (Fsp3) is 0.350. The Morgan fingerprint density at radius 1 is 1.07 bits per heavy atom. The lowest BCUT2D eigenvalue weighted by molar-refractivity contribution is -0.252. The van der Waals surface area contributed by atoms with Crippen LogP contribution in [0.15, 0.2) is 42.5 Å². The van der Waals surface area contributed by atoms with Crippen LogP contribution in [0.25, 0.3) is 11.1 Å². The highest BCUT2D eigenvalue weighted by atomic mass is 31.0. The predicted molar refractivity (Wildman–Crippen MR) is 107 cm³/mol. The Balaban J connectivity index is 1.81. The molecular weight excluding hydrogens is 381 g/mol. The van der Waals surface area contributed by atoms with E-state index in [0.29, 0.717) is 11.3 Å². The molecule has 6 atom stereocenters. The van der Waals surface area contributed by atoms with Gasteiger partial charge in [0.1, 0.15) is 29.9 Å². The molecule has 0 spiro atoms. The molecule has 0 radical (unpaired) electrons. The molecule has 2 aromatic carbocycles. The minimum absolute atomic E-state index is 0.158. The van der Waals surface area contributed by atoms with Crippen molar-refractivity contribution in [3.63, 3.8) is 0 Å². The number of nitrogens with one attached hydrogen (secondary N) is 1. The fourth-order valence-corrected chi connectivity index (χ4v) is 3.42. The van der Waals surface area contributed by atoms with Crippen LogP contribution >= 0.6 is 9.24 Å². The molecular formula is C20H24NO6P. The molecule has 1 saturated heterocycles. The number of hydrogen-bond acceptors (Lipinski definition) is 6. The minimum Gasteiger partial charge on any atom is -0.462 e. The maximum absolute atomic E-state index is 11.8. The molecule has 2 aromatic rings. The Kier molecular flexibility index (Phi) is 6.33. The second-order valence-electron chi connectivity index (χ2n) is 6.70. The summed E-state index contributed by atoms with van der Waals surface area (Å²) in [6, 6.07) is 12.7. The SMILES string of the molecule is CNC(=O)c1cccc(-c2ccc(O[C@@H]3O[C@@H](P)[C@@H](O)[C@@H](O)[C@H]3O)c(C)c2)c1. The van der Waals surface area contributed by atoms with E-state index >= 15 is 0 Å². The number of carbonyl (C=O) groups is 1. The van der Waals surface area contributed by atoms with Crippen molar-refractivity contribution in [2.75, 3.05) is 7.05 Å². The Bertz CT molecular complexity index is 860. The average Bonchev–Trinajstić information content (AvgIpc) is 2.71. The zero-order chi connectivity index (χ0) is 20.4. The summed E-state index contributed by atoms with van der Waals surface area (Å²) in [5.74, 6) is -0.429. The standard InChI is InChI=1S/C20H24NO6P/c1-10-8-12(11-4-3-5-13(9-11)18(25)21-2)6-7-14(10)26-19-16(23)15(22)17(24)20(28)27-19/h3-9,15-17,19-20,22-24H,28H2,1-2H3,(H,21,25)/t15-,16+,17-,19+,20-/m0/s1. The normalized spacial score (nSPS) is 27.3. The molecule has 0 aliphatic carbocycles. The van der Waals surface area contributed by atoms with Crippen molar-refractivity contribution in [1.82, 2.24) is 5.32 Å². The fourth-order valence-electron chi connectivity index (χ4n) is 3.04. The third-order valence-corrected chi connectivity index (χ3v) is 5.26. The lowest BCUT2D eigenvalue weighted by atomic mass is 10.0. The van der Waals surface area contributed by atoms with Crippen LogP contribution in [0.5, 0.6) is 5.75 Å². The summed E-state index contributed by atoms with van der Waals surface area (Å²) >= 11 is 0. The quantitative estimate of drug-likeness (QED) is 0.566. The Labute approximate surface area is 165 Å². The molecule has 0 bridgehead atoms. The van der Waals surface area contributed by atoms with Gasteiger partial charge in [-0.05, 0) is 47.9 Å². The number of carbonyl (C=O) groups excluding carboxylic acids is 1. The number of aliphatic hydroxyl groups excluding tert-OH is 3. The highest BCUT2D eigenvalue weighted by Crippen LogP contribution is 2.31. The molecule has 4 N–H and O–H groups in total. The monoisotopic (exact) mass is 405 g/mol. The van der Waals surface area contributed by atoms with E-state index in [1.165, 1.54) is 0 Å². The van der Waals surface area contributed by atoms with Gasteiger partial charge in [0.2, 0.25) is 6.29 Å². The highest BCUT2D eigenvalue weighted by molar-refractivity contribution is 7.17. The lowest BCUT2D eigenvalue weighted by Gasteiger charge is -2.38. The molecule has 8 heteroatoms. The van der Waals surface area contributed by atoms with E-state index in [9.17, 15) is 20.1 Å². The van der Waals surface area contributed by atoms with Crippen LogP contribution in [0.3, 0.4) is 0 Å². The van der Waals surface area contributed by atoms with E-state index < -0.39 is 30.4 Å². The number of hydrogen-bond donors (Lipinski definition) is 4. The summed E-state index contributed by atoms with van der Waals surface area (Å²) in [6.45, 7) is 1.85. The molecule has 7 nitrogen and oxygen atoms in total. The molecule has 1 aliphatic rings. The minimum atomic E-state index is -1.38. The molecule has 1 fully saturated rings. The number of ether oxygens (including phenoxy) is 2. The summed E-state index contributed by atoms with van der Waals surface area (Å²) in [5, 5.41) is 32.4. The van der Waals surface area contributed by atoms with Crippen LogP contribution in [-0.2, 0) is 4.74 Å². The van der Waals surface area contributed by atoms with E-state index in [2.05, 4.69) is 14.6 Å². The first kappa shape index (κ1) is 20.7. The van der Waals surface area contributed by atoms with Gasteiger partial charge in [0, 0.05) is 12.6 Å². The van der Waals surface area contributed by atoms with Crippen molar-refractivity contribution >= 4 is 15.1 Å². The molecule has 1 aliphatic heterocycles. The van der Waals surface area contributed by atoms with E-state index in [4.69, 9.17) is 9.47 Å². The van der Waals surface area contributed by atoms with Gasteiger partial charge in [-0.15, -0.1) is 9.24 Å². The predicted octanol–water partition coefficient (Wildman–Crippen LogP) is 1.04. The van der Waals surface area contributed by atoms with Crippen LogP contribution in [0, 0.1) is 6.92 Å². The number of benzene rings is 2. The summed E-state index contributed by atoms with van der Waals surface area (Å²) < 4.78 is 11.2. The third kappa shape index (κ3) is 4.19. The highest BCUT2D eigenvalue weighted by Gasteiger charge is 2.43. The number of aliphatic hydroxyl groups is 3. The van der Waals surface area contributed by atoms with Gasteiger partial charge in [0.25, 0.3) is 5.91 Å².